The first kappa shape index (κ1) is 17.2. The Morgan fingerprint density at radius 3 is 2.56 bits per heavy atom. The van der Waals surface area contributed by atoms with Crippen molar-refractivity contribution in [1.29, 1.82) is 0 Å². The Hall–Kier alpha value is -3.25. The third-order valence-electron chi connectivity index (χ3n) is 3.83. The molecule has 0 bridgehead atoms. The molecule has 0 aliphatic carbocycles. The van der Waals surface area contributed by atoms with Crippen LogP contribution < -0.4 is 4.90 Å². The first-order valence-electron chi connectivity index (χ1n) is 8.25. The Labute approximate surface area is 160 Å². The van der Waals surface area contributed by atoms with Crippen molar-refractivity contribution in [2.45, 2.75) is 0 Å². The largest absolute Gasteiger partial charge is 0.271 e. The summed E-state index contributed by atoms with van der Waals surface area (Å²) >= 11 is 1.24. The minimum atomic E-state index is -0.345. The fourth-order valence-corrected chi connectivity index (χ4v) is 3.61. The highest BCUT2D eigenvalue weighted by atomic mass is 32.2. The average Bonchev–Trinajstić information content (AvgIpc) is 2.98. The quantitative estimate of drug-likeness (QED) is 0.603. The van der Waals surface area contributed by atoms with E-state index in [9.17, 15) is 9.18 Å². The Morgan fingerprint density at radius 2 is 1.81 bits per heavy atom. The van der Waals surface area contributed by atoms with Gasteiger partial charge in [-0.05, 0) is 59.8 Å². The van der Waals surface area contributed by atoms with E-state index in [-0.39, 0.29) is 11.7 Å². The number of aliphatic imine (C=N–C) groups is 1. The number of nitrogens with zero attached hydrogens (tertiary/aromatic N) is 3. The monoisotopic (exact) mass is 375 g/mol. The Morgan fingerprint density at radius 1 is 1.00 bits per heavy atom. The molecular formula is C21H14FN3OS. The summed E-state index contributed by atoms with van der Waals surface area (Å²) in [5.74, 6) is -0.0343. The predicted octanol–water partition coefficient (Wildman–Crippen LogP) is 5.03. The Bertz CT molecular complexity index is 1040. The number of thioether (sulfide) groups is 1. The molecule has 0 unspecified atom stereocenters. The van der Waals surface area contributed by atoms with E-state index in [1.54, 1.807) is 41.4 Å². The number of amidine groups is 1. The van der Waals surface area contributed by atoms with Crippen molar-refractivity contribution in [3.05, 3.63) is 95.3 Å². The lowest BCUT2D eigenvalue weighted by atomic mass is 10.2. The number of rotatable bonds is 3. The molecule has 0 radical (unpaired) electrons. The van der Waals surface area contributed by atoms with Crippen LogP contribution in [0.15, 0.2) is 88.9 Å². The highest BCUT2D eigenvalue weighted by Crippen LogP contribution is 2.36. The minimum absolute atomic E-state index is 0.204. The van der Waals surface area contributed by atoms with Crippen LogP contribution in [0.1, 0.15) is 5.56 Å². The fraction of sp³-hybridized carbons (Fsp3) is 0. The van der Waals surface area contributed by atoms with E-state index in [2.05, 4.69) is 9.98 Å². The first-order valence-corrected chi connectivity index (χ1v) is 9.07. The molecule has 2 heterocycles. The van der Waals surface area contributed by atoms with Crippen molar-refractivity contribution in [3.63, 3.8) is 0 Å². The smallest absolute Gasteiger partial charge is 0.268 e. The van der Waals surface area contributed by atoms with Crippen molar-refractivity contribution in [3.8, 4) is 0 Å². The lowest BCUT2D eigenvalue weighted by molar-refractivity contribution is -0.113. The third-order valence-corrected chi connectivity index (χ3v) is 4.80. The van der Waals surface area contributed by atoms with Gasteiger partial charge >= 0.3 is 0 Å². The highest BCUT2D eigenvalue weighted by molar-refractivity contribution is 8.19. The number of carbonyl (C=O) groups excluding carboxylic acids is 1. The molecule has 4 rings (SSSR count). The maximum atomic E-state index is 13.5. The van der Waals surface area contributed by atoms with Crippen LogP contribution in [0.25, 0.3) is 6.08 Å². The van der Waals surface area contributed by atoms with Crippen LogP contribution in [0.4, 0.5) is 15.9 Å². The zero-order valence-electron chi connectivity index (χ0n) is 14.1. The van der Waals surface area contributed by atoms with Gasteiger partial charge in [0, 0.05) is 6.20 Å². The molecule has 0 spiro atoms. The van der Waals surface area contributed by atoms with Gasteiger partial charge in [-0.2, -0.15) is 0 Å². The second-order valence-corrected chi connectivity index (χ2v) is 6.73. The van der Waals surface area contributed by atoms with Crippen LogP contribution in [0.2, 0.25) is 0 Å². The zero-order valence-corrected chi connectivity index (χ0v) is 14.9. The summed E-state index contributed by atoms with van der Waals surface area (Å²) in [6.45, 7) is 0. The summed E-state index contributed by atoms with van der Waals surface area (Å²) in [5, 5.41) is 0.507. The van der Waals surface area contributed by atoms with Crippen molar-refractivity contribution in [2.75, 3.05) is 4.90 Å². The van der Waals surface area contributed by atoms with Crippen LogP contribution in [-0.2, 0) is 4.79 Å². The Kier molecular flexibility index (Phi) is 4.80. The van der Waals surface area contributed by atoms with Crippen LogP contribution in [0.5, 0.6) is 0 Å². The van der Waals surface area contributed by atoms with E-state index >= 15 is 0 Å². The standard InChI is InChI=1S/C21H14FN3OS/c22-16-8-6-7-15(13-16)14-18-20(26)25(17-9-2-1-3-10-17)21(27-18)24-19-11-4-5-12-23-19/h1-14H/b18-14-,24-21+. The van der Waals surface area contributed by atoms with Crippen LogP contribution in [-0.4, -0.2) is 16.1 Å². The van der Waals surface area contributed by atoms with Crippen molar-refractivity contribution in [1.82, 2.24) is 4.98 Å². The van der Waals surface area contributed by atoms with Gasteiger partial charge in [-0.3, -0.25) is 9.69 Å². The molecule has 1 saturated heterocycles. The van der Waals surface area contributed by atoms with Crippen LogP contribution in [0, 0.1) is 5.82 Å². The molecule has 6 heteroatoms. The van der Waals surface area contributed by atoms with Gasteiger partial charge in [-0.15, -0.1) is 0 Å². The zero-order chi connectivity index (χ0) is 18.6. The third kappa shape index (κ3) is 3.80. The lowest BCUT2D eigenvalue weighted by Crippen LogP contribution is -2.28. The maximum absolute atomic E-state index is 13.5. The van der Waals surface area contributed by atoms with Gasteiger partial charge in [-0.1, -0.05) is 36.4 Å². The number of pyridine rings is 1. The number of amides is 1. The van der Waals surface area contributed by atoms with Gasteiger partial charge in [-0.25, -0.2) is 14.4 Å². The number of benzene rings is 2. The van der Waals surface area contributed by atoms with E-state index in [1.807, 2.05) is 36.4 Å². The molecule has 3 aromatic rings. The van der Waals surface area contributed by atoms with Gasteiger partial charge < -0.3 is 0 Å². The Balaban J connectivity index is 1.77. The molecule has 4 nitrogen and oxygen atoms in total. The highest BCUT2D eigenvalue weighted by Gasteiger charge is 2.34. The number of hydrogen-bond acceptors (Lipinski definition) is 4. The van der Waals surface area contributed by atoms with Gasteiger partial charge in [0.15, 0.2) is 11.0 Å². The van der Waals surface area contributed by atoms with E-state index in [0.29, 0.717) is 27.1 Å². The summed E-state index contributed by atoms with van der Waals surface area (Å²) < 4.78 is 13.5. The topological polar surface area (TPSA) is 45.6 Å². The maximum Gasteiger partial charge on any atom is 0.271 e. The second-order valence-electron chi connectivity index (χ2n) is 5.72. The van der Waals surface area contributed by atoms with Crippen LogP contribution in [0.3, 0.4) is 0 Å². The van der Waals surface area contributed by atoms with Crippen molar-refractivity contribution < 1.29 is 9.18 Å². The molecule has 1 amide bonds. The van der Waals surface area contributed by atoms with Gasteiger partial charge in [0.1, 0.15) is 5.82 Å². The van der Waals surface area contributed by atoms with Crippen molar-refractivity contribution >= 4 is 40.4 Å². The van der Waals surface area contributed by atoms with E-state index in [0.717, 1.165) is 0 Å². The second kappa shape index (κ2) is 7.55. The van der Waals surface area contributed by atoms with Gasteiger partial charge in [0.05, 0.1) is 10.6 Å². The number of halogens is 1. The molecule has 2 aromatic carbocycles. The number of carbonyl (C=O) groups is 1. The minimum Gasteiger partial charge on any atom is -0.268 e. The molecule has 132 valence electrons. The first-order chi connectivity index (χ1) is 13.2. The molecule has 0 saturated carbocycles. The molecule has 0 N–H and O–H groups in total. The summed E-state index contributed by atoms with van der Waals surface area (Å²) in [7, 11) is 0. The van der Waals surface area contributed by atoms with E-state index in [4.69, 9.17) is 0 Å². The number of para-hydroxylation sites is 1. The van der Waals surface area contributed by atoms with E-state index < -0.39 is 0 Å². The molecule has 1 aliphatic rings. The van der Waals surface area contributed by atoms with E-state index in [1.165, 1.54) is 23.9 Å². The number of aromatic nitrogens is 1. The summed E-state index contributed by atoms with van der Waals surface area (Å²) in [6, 6.07) is 20.8. The molecule has 0 atom stereocenters. The molecule has 1 aromatic heterocycles. The molecular weight excluding hydrogens is 361 g/mol. The summed E-state index contributed by atoms with van der Waals surface area (Å²) in [4.78, 5) is 23.8. The number of anilines is 1. The predicted molar refractivity (Wildman–Crippen MR) is 107 cm³/mol. The van der Waals surface area contributed by atoms with Crippen molar-refractivity contribution in [2.24, 2.45) is 4.99 Å². The molecule has 27 heavy (non-hydrogen) atoms. The van der Waals surface area contributed by atoms with Crippen LogP contribution >= 0.6 is 11.8 Å². The summed E-state index contributed by atoms with van der Waals surface area (Å²) in [6.07, 6.45) is 3.32. The number of hydrogen-bond donors (Lipinski definition) is 0. The molecule has 1 fully saturated rings. The lowest BCUT2D eigenvalue weighted by Gasteiger charge is -2.15. The van der Waals surface area contributed by atoms with Gasteiger partial charge in [0.2, 0.25) is 0 Å². The fourth-order valence-electron chi connectivity index (χ4n) is 2.62. The SMILES string of the molecule is O=C1/C(=C/c2cccc(F)c2)S/C(=N/c2ccccn2)N1c1ccccc1. The average molecular weight is 375 g/mol. The molecule has 1 aliphatic heterocycles. The summed E-state index contributed by atoms with van der Waals surface area (Å²) in [5.41, 5.74) is 1.34. The van der Waals surface area contributed by atoms with Gasteiger partial charge in [0.25, 0.3) is 5.91 Å². The normalized spacial score (nSPS) is 17.1.